The highest BCUT2D eigenvalue weighted by atomic mass is 16.2. The van der Waals surface area contributed by atoms with Gasteiger partial charge in [0.05, 0.1) is 6.42 Å². The van der Waals surface area contributed by atoms with Crippen LogP contribution in [-0.2, 0) is 16.0 Å². The van der Waals surface area contributed by atoms with Gasteiger partial charge in [-0.2, -0.15) is 0 Å². The first-order valence-electron chi connectivity index (χ1n) is 9.81. The van der Waals surface area contributed by atoms with Crippen molar-refractivity contribution in [3.05, 3.63) is 64.5 Å². The summed E-state index contributed by atoms with van der Waals surface area (Å²) in [5, 5.41) is 0. The first-order valence-corrected chi connectivity index (χ1v) is 9.81. The molecular formula is C24H27NO3. The molecule has 1 aliphatic carbocycles. The Morgan fingerprint density at radius 1 is 1.11 bits per heavy atom. The van der Waals surface area contributed by atoms with E-state index in [9.17, 15) is 14.4 Å². The smallest absolute Gasteiger partial charge is 0.163 e. The van der Waals surface area contributed by atoms with Crippen molar-refractivity contribution < 1.29 is 14.4 Å². The fourth-order valence-corrected chi connectivity index (χ4v) is 4.14. The summed E-state index contributed by atoms with van der Waals surface area (Å²) in [7, 11) is 0. The maximum Gasteiger partial charge on any atom is 0.163 e. The van der Waals surface area contributed by atoms with Crippen molar-refractivity contribution in [2.45, 2.75) is 59.3 Å². The van der Waals surface area contributed by atoms with E-state index in [0.717, 1.165) is 22.5 Å². The fraction of sp³-hybridized carbons (Fsp3) is 0.417. The number of carbonyl (C=O) groups excluding carboxylic acids is 3. The van der Waals surface area contributed by atoms with E-state index in [0.29, 0.717) is 24.8 Å². The molecular weight excluding hydrogens is 350 g/mol. The molecule has 1 heterocycles. The van der Waals surface area contributed by atoms with Crippen LogP contribution in [-0.4, -0.2) is 22.3 Å². The van der Waals surface area contributed by atoms with Crippen LogP contribution >= 0.6 is 0 Å². The second-order valence-electron chi connectivity index (χ2n) is 8.26. The molecule has 146 valence electrons. The Bertz CT molecular complexity index is 909. The highest BCUT2D eigenvalue weighted by Gasteiger charge is 2.46. The summed E-state index contributed by atoms with van der Waals surface area (Å²) in [6.45, 7) is 7.78. The van der Waals surface area contributed by atoms with Crippen molar-refractivity contribution in [3.8, 4) is 0 Å². The Morgan fingerprint density at radius 3 is 2.25 bits per heavy atom. The first-order chi connectivity index (χ1) is 13.2. The normalized spacial score (nSPS) is 20.4. The third kappa shape index (κ3) is 4.11. The summed E-state index contributed by atoms with van der Waals surface area (Å²) in [5.41, 5.74) is 4.09. The van der Waals surface area contributed by atoms with Crippen LogP contribution in [0.3, 0.4) is 0 Å². The molecule has 1 fully saturated rings. The SMILES string of the molecule is Cc1cc(CCC(=O)c2ccc(C(C)C3(C)CC(=O)CC3=O)cc2)cc(C)n1. The number of hydrogen-bond acceptors (Lipinski definition) is 4. The summed E-state index contributed by atoms with van der Waals surface area (Å²) in [5.74, 6) is 0.0869. The number of nitrogens with zero attached hydrogens (tertiary/aromatic N) is 1. The van der Waals surface area contributed by atoms with E-state index in [1.165, 1.54) is 0 Å². The molecule has 0 aliphatic heterocycles. The number of aryl methyl sites for hydroxylation is 3. The molecule has 0 radical (unpaired) electrons. The average Bonchev–Trinajstić information content (AvgIpc) is 2.91. The molecule has 3 rings (SSSR count). The highest BCUT2D eigenvalue weighted by Crippen LogP contribution is 2.44. The predicted octanol–water partition coefficient (Wildman–Crippen LogP) is 4.56. The molecule has 0 saturated heterocycles. The molecule has 0 N–H and O–H groups in total. The lowest BCUT2D eigenvalue weighted by Gasteiger charge is -2.29. The lowest BCUT2D eigenvalue weighted by atomic mass is 9.72. The topological polar surface area (TPSA) is 64.1 Å². The van der Waals surface area contributed by atoms with Crippen molar-refractivity contribution in [3.63, 3.8) is 0 Å². The molecule has 0 amide bonds. The number of aromatic nitrogens is 1. The van der Waals surface area contributed by atoms with E-state index in [1.807, 2.05) is 64.1 Å². The lowest BCUT2D eigenvalue weighted by Crippen LogP contribution is -2.28. The fourth-order valence-electron chi connectivity index (χ4n) is 4.14. The van der Waals surface area contributed by atoms with Crippen molar-refractivity contribution in [2.75, 3.05) is 0 Å². The summed E-state index contributed by atoms with van der Waals surface area (Å²) >= 11 is 0. The molecule has 2 atom stereocenters. The van der Waals surface area contributed by atoms with Crippen molar-refractivity contribution in [1.29, 1.82) is 0 Å². The van der Waals surface area contributed by atoms with Crippen LogP contribution in [0.5, 0.6) is 0 Å². The van der Waals surface area contributed by atoms with E-state index in [2.05, 4.69) is 4.98 Å². The second-order valence-corrected chi connectivity index (χ2v) is 8.26. The van der Waals surface area contributed by atoms with Crippen molar-refractivity contribution in [1.82, 2.24) is 4.98 Å². The molecule has 4 nitrogen and oxygen atoms in total. The molecule has 28 heavy (non-hydrogen) atoms. The zero-order valence-corrected chi connectivity index (χ0v) is 17.0. The summed E-state index contributed by atoms with van der Waals surface area (Å²) < 4.78 is 0. The van der Waals surface area contributed by atoms with Crippen LogP contribution in [0.25, 0.3) is 0 Å². The zero-order valence-electron chi connectivity index (χ0n) is 17.0. The molecule has 1 aromatic heterocycles. The maximum absolute atomic E-state index is 12.6. The third-order valence-corrected chi connectivity index (χ3v) is 6.03. The minimum absolute atomic E-state index is 0.0210. The van der Waals surface area contributed by atoms with E-state index in [1.54, 1.807) is 0 Å². The number of carbonyl (C=O) groups is 3. The lowest BCUT2D eigenvalue weighted by molar-refractivity contribution is -0.126. The molecule has 1 aromatic carbocycles. The number of Topliss-reactive ketones (excluding diaryl/α,β-unsaturated/α-hetero) is 3. The molecule has 1 saturated carbocycles. The van der Waals surface area contributed by atoms with E-state index >= 15 is 0 Å². The van der Waals surface area contributed by atoms with Gasteiger partial charge in [-0.3, -0.25) is 19.4 Å². The van der Waals surface area contributed by atoms with Crippen LogP contribution < -0.4 is 0 Å². The quantitative estimate of drug-likeness (QED) is 0.547. The van der Waals surface area contributed by atoms with Gasteiger partial charge < -0.3 is 0 Å². The zero-order chi connectivity index (χ0) is 20.5. The van der Waals surface area contributed by atoms with Gasteiger partial charge in [-0.15, -0.1) is 0 Å². The standard InChI is InChI=1S/C24H27NO3/c1-15-11-18(12-16(2)25-15)5-10-22(27)20-8-6-19(7-9-20)17(3)24(4)14-21(26)13-23(24)28/h6-9,11-12,17H,5,10,13-14H2,1-4H3. The summed E-state index contributed by atoms with van der Waals surface area (Å²) in [6, 6.07) is 11.5. The number of ketones is 3. The Morgan fingerprint density at radius 2 is 1.71 bits per heavy atom. The first kappa shape index (κ1) is 20.1. The number of rotatable bonds is 6. The van der Waals surface area contributed by atoms with Gasteiger partial charge in [-0.05, 0) is 49.4 Å². The van der Waals surface area contributed by atoms with E-state index < -0.39 is 5.41 Å². The van der Waals surface area contributed by atoms with Crippen molar-refractivity contribution >= 4 is 17.3 Å². The van der Waals surface area contributed by atoms with Gasteiger partial charge in [0, 0.05) is 35.2 Å². The second kappa shape index (κ2) is 7.78. The molecule has 0 spiro atoms. The van der Waals surface area contributed by atoms with Crippen LogP contribution in [0.2, 0.25) is 0 Å². The van der Waals surface area contributed by atoms with Gasteiger partial charge >= 0.3 is 0 Å². The van der Waals surface area contributed by atoms with Gasteiger partial charge in [-0.1, -0.05) is 38.1 Å². The number of hydrogen-bond donors (Lipinski definition) is 0. The van der Waals surface area contributed by atoms with Crippen LogP contribution in [0.4, 0.5) is 0 Å². The third-order valence-electron chi connectivity index (χ3n) is 6.03. The monoisotopic (exact) mass is 377 g/mol. The van der Waals surface area contributed by atoms with Gasteiger partial charge in [0.1, 0.15) is 11.6 Å². The Hall–Kier alpha value is -2.62. The Balaban J connectivity index is 1.67. The van der Waals surface area contributed by atoms with Gasteiger partial charge in [0.15, 0.2) is 5.78 Å². The average molecular weight is 377 g/mol. The number of benzene rings is 1. The van der Waals surface area contributed by atoms with Gasteiger partial charge in [0.25, 0.3) is 0 Å². The molecule has 2 aromatic rings. The Kier molecular flexibility index (Phi) is 5.59. The number of pyridine rings is 1. The summed E-state index contributed by atoms with van der Waals surface area (Å²) in [4.78, 5) is 40.9. The minimum atomic E-state index is -0.639. The Labute approximate surface area is 166 Å². The molecule has 4 heteroatoms. The minimum Gasteiger partial charge on any atom is -0.299 e. The van der Waals surface area contributed by atoms with Crippen LogP contribution in [0.1, 0.15) is 71.9 Å². The van der Waals surface area contributed by atoms with Crippen LogP contribution in [0, 0.1) is 19.3 Å². The van der Waals surface area contributed by atoms with Gasteiger partial charge in [0.2, 0.25) is 0 Å². The van der Waals surface area contributed by atoms with E-state index in [-0.39, 0.29) is 29.7 Å². The molecule has 1 aliphatic rings. The molecule has 2 unspecified atom stereocenters. The van der Waals surface area contributed by atoms with E-state index in [4.69, 9.17) is 0 Å². The maximum atomic E-state index is 12.6. The van der Waals surface area contributed by atoms with Crippen molar-refractivity contribution in [2.24, 2.45) is 5.41 Å². The van der Waals surface area contributed by atoms with Gasteiger partial charge in [-0.25, -0.2) is 0 Å². The highest BCUT2D eigenvalue weighted by molar-refractivity contribution is 6.09. The molecule has 0 bridgehead atoms. The largest absolute Gasteiger partial charge is 0.299 e. The van der Waals surface area contributed by atoms with Crippen LogP contribution in [0.15, 0.2) is 36.4 Å². The predicted molar refractivity (Wildman–Crippen MR) is 109 cm³/mol. The summed E-state index contributed by atoms with van der Waals surface area (Å²) in [6.07, 6.45) is 1.49.